The van der Waals surface area contributed by atoms with Gasteiger partial charge in [-0.15, -0.1) is 0 Å². The van der Waals surface area contributed by atoms with Crippen LogP contribution in [0.1, 0.15) is 0 Å². The van der Waals surface area contributed by atoms with Crippen LogP contribution >= 0.6 is 0 Å². The molecule has 14 rings (SSSR count). The molecule has 11 aromatic carbocycles. The topological polar surface area (TPSA) is 42.0 Å². The molecule has 5 nitrogen and oxygen atoms in total. The summed E-state index contributed by atoms with van der Waals surface area (Å²) in [4.78, 5) is 4.64. The zero-order valence-corrected chi connectivity index (χ0v) is 37.2. The van der Waals surface area contributed by atoms with Crippen LogP contribution in [0.2, 0.25) is 0 Å². The number of hydrogen-bond acceptors (Lipinski definition) is 5. The Bertz CT molecular complexity index is 4100. The van der Waals surface area contributed by atoms with Crippen molar-refractivity contribution in [3.63, 3.8) is 0 Å². The molecule has 0 radical (unpaired) electrons. The van der Waals surface area contributed by atoms with Crippen molar-refractivity contribution in [3.05, 3.63) is 243 Å². The van der Waals surface area contributed by atoms with E-state index in [1.54, 1.807) is 0 Å². The van der Waals surface area contributed by atoms with Crippen LogP contribution in [0, 0.1) is 0 Å². The van der Waals surface area contributed by atoms with Gasteiger partial charge in [-0.1, -0.05) is 164 Å². The first-order valence-corrected chi connectivity index (χ1v) is 23.3. The van der Waals surface area contributed by atoms with Crippen LogP contribution in [0.25, 0.3) is 88.0 Å². The first kappa shape index (κ1) is 38.9. The third-order valence-electron chi connectivity index (χ3n) is 13.7. The molecule has 324 valence electrons. The largest absolute Gasteiger partial charge is 0.456 e. The third kappa shape index (κ3) is 6.32. The van der Waals surface area contributed by atoms with Crippen molar-refractivity contribution < 1.29 is 13.6 Å². The molecule has 0 saturated heterocycles. The van der Waals surface area contributed by atoms with E-state index in [0.29, 0.717) is 0 Å². The molecule has 0 spiro atoms. The van der Waals surface area contributed by atoms with Crippen LogP contribution in [-0.2, 0) is 0 Å². The standard InChI is InChI=1S/C64H40N2O3/c1-3-14-41(15-4-1)43-28-32-45(33-29-43)65(56-24-12-21-51-48-18-7-9-26-58(48)68-63(51)56)47-36-38-60-54(40-47)50-20-11-23-53-55(37-39-61(67-60)62(50)53)66(46-34-30-44(31-35-46)42-16-5-2-6-17-42)57-25-13-22-52-49-19-8-10-27-59(49)69-64(52)57/h1-40H. The second kappa shape index (κ2) is 15.7. The molecular formula is C64H40N2O3. The molecule has 0 atom stereocenters. The van der Waals surface area contributed by atoms with Gasteiger partial charge in [0.25, 0.3) is 0 Å². The molecule has 1 aliphatic rings. The second-order valence-corrected chi connectivity index (χ2v) is 17.6. The molecule has 0 aliphatic carbocycles. The van der Waals surface area contributed by atoms with Crippen molar-refractivity contribution in [2.75, 3.05) is 9.80 Å². The minimum atomic E-state index is 0.799. The summed E-state index contributed by atoms with van der Waals surface area (Å²) >= 11 is 0. The van der Waals surface area contributed by atoms with Crippen LogP contribution in [0.3, 0.4) is 0 Å². The van der Waals surface area contributed by atoms with E-state index in [1.165, 1.54) is 11.1 Å². The van der Waals surface area contributed by atoms with Gasteiger partial charge in [0.15, 0.2) is 11.2 Å². The van der Waals surface area contributed by atoms with E-state index in [2.05, 4.69) is 228 Å². The molecule has 5 heteroatoms. The number of benzene rings is 11. The molecule has 2 aromatic heterocycles. The van der Waals surface area contributed by atoms with E-state index in [4.69, 9.17) is 13.6 Å². The second-order valence-electron chi connectivity index (χ2n) is 17.6. The molecule has 0 amide bonds. The Morgan fingerprint density at radius 1 is 0.275 bits per heavy atom. The van der Waals surface area contributed by atoms with Crippen molar-refractivity contribution >= 4 is 88.8 Å². The Kier molecular flexibility index (Phi) is 8.83. The van der Waals surface area contributed by atoms with Gasteiger partial charge in [-0.25, -0.2) is 0 Å². The van der Waals surface area contributed by atoms with Crippen molar-refractivity contribution in [2.24, 2.45) is 0 Å². The van der Waals surface area contributed by atoms with Gasteiger partial charge >= 0.3 is 0 Å². The van der Waals surface area contributed by atoms with Gasteiger partial charge in [0, 0.05) is 54.9 Å². The lowest BCUT2D eigenvalue weighted by Gasteiger charge is -2.30. The summed E-state index contributed by atoms with van der Waals surface area (Å²) in [6, 6.07) is 85.5. The molecular weight excluding hydrogens is 845 g/mol. The Hall–Kier alpha value is -9.32. The summed E-state index contributed by atoms with van der Waals surface area (Å²) < 4.78 is 20.4. The van der Waals surface area contributed by atoms with Gasteiger partial charge in [0.05, 0.1) is 17.1 Å². The van der Waals surface area contributed by atoms with Gasteiger partial charge < -0.3 is 23.4 Å². The van der Waals surface area contributed by atoms with Crippen molar-refractivity contribution in [1.29, 1.82) is 0 Å². The fourth-order valence-corrected chi connectivity index (χ4v) is 10.5. The smallest absolute Gasteiger partial charge is 0.159 e. The summed E-state index contributed by atoms with van der Waals surface area (Å²) in [6.07, 6.45) is 0. The molecule has 3 heterocycles. The van der Waals surface area contributed by atoms with Crippen LogP contribution in [0.15, 0.2) is 251 Å². The average molecular weight is 885 g/mol. The third-order valence-corrected chi connectivity index (χ3v) is 13.7. The number of nitrogens with zero attached hydrogens (tertiary/aromatic N) is 2. The number of anilines is 6. The summed E-state index contributed by atoms with van der Waals surface area (Å²) in [5, 5.41) is 6.41. The van der Waals surface area contributed by atoms with E-state index in [0.717, 1.165) is 123 Å². The monoisotopic (exact) mass is 884 g/mol. The fraction of sp³-hybridized carbons (Fsp3) is 0. The van der Waals surface area contributed by atoms with Gasteiger partial charge in [-0.05, 0) is 107 Å². The number of furan rings is 2. The quantitative estimate of drug-likeness (QED) is 0.152. The first-order chi connectivity index (χ1) is 34.2. The lowest BCUT2D eigenvalue weighted by Crippen LogP contribution is -2.12. The lowest BCUT2D eigenvalue weighted by atomic mass is 9.93. The molecule has 1 aliphatic heterocycles. The van der Waals surface area contributed by atoms with Gasteiger partial charge in [-0.2, -0.15) is 0 Å². The molecule has 13 aromatic rings. The maximum absolute atomic E-state index is 6.92. The Morgan fingerprint density at radius 3 is 1.35 bits per heavy atom. The Labute approximate surface area is 397 Å². The Morgan fingerprint density at radius 2 is 0.739 bits per heavy atom. The minimum Gasteiger partial charge on any atom is -0.456 e. The maximum atomic E-state index is 6.92. The predicted molar refractivity (Wildman–Crippen MR) is 284 cm³/mol. The number of para-hydroxylation sites is 4. The summed E-state index contributed by atoms with van der Waals surface area (Å²) in [5.41, 5.74) is 16.0. The number of rotatable bonds is 8. The SMILES string of the molecule is c1ccc(-c2ccc(N(c3ccc4c(c3)-c3cccc5c(N(c6ccc(-c7ccccc7)cc6)c6cccc7c6oc6ccccc67)ccc(c35)O4)c3cccc4c3oc3ccccc34)cc2)cc1. The fourth-order valence-electron chi connectivity index (χ4n) is 10.5. The van der Waals surface area contributed by atoms with Crippen LogP contribution in [-0.4, -0.2) is 0 Å². The van der Waals surface area contributed by atoms with Crippen LogP contribution < -0.4 is 14.5 Å². The molecule has 0 unspecified atom stereocenters. The van der Waals surface area contributed by atoms with E-state index >= 15 is 0 Å². The number of hydrogen-bond donors (Lipinski definition) is 0. The van der Waals surface area contributed by atoms with E-state index in [1.807, 2.05) is 24.3 Å². The highest BCUT2D eigenvalue weighted by molar-refractivity contribution is 6.15. The highest BCUT2D eigenvalue weighted by Gasteiger charge is 2.28. The zero-order valence-electron chi connectivity index (χ0n) is 37.2. The van der Waals surface area contributed by atoms with Crippen LogP contribution in [0.5, 0.6) is 11.5 Å². The number of ether oxygens (including phenoxy) is 1. The normalized spacial score (nSPS) is 11.9. The molecule has 0 bridgehead atoms. The van der Waals surface area contributed by atoms with Crippen molar-refractivity contribution in [2.45, 2.75) is 0 Å². The van der Waals surface area contributed by atoms with E-state index in [9.17, 15) is 0 Å². The van der Waals surface area contributed by atoms with E-state index < -0.39 is 0 Å². The zero-order chi connectivity index (χ0) is 45.4. The van der Waals surface area contributed by atoms with E-state index in [-0.39, 0.29) is 0 Å². The van der Waals surface area contributed by atoms with Gasteiger partial charge in [-0.3, -0.25) is 0 Å². The first-order valence-electron chi connectivity index (χ1n) is 23.3. The Balaban J connectivity index is 0.950. The van der Waals surface area contributed by atoms with Gasteiger partial charge in [0.1, 0.15) is 22.7 Å². The summed E-state index contributed by atoms with van der Waals surface area (Å²) in [7, 11) is 0. The highest BCUT2D eigenvalue weighted by Crippen LogP contribution is 2.53. The number of fused-ring (bicyclic) bond motifs is 8. The average Bonchev–Trinajstić information content (AvgIpc) is 4.00. The summed E-state index contributed by atoms with van der Waals surface area (Å²) in [5.74, 6) is 1.61. The highest BCUT2D eigenvalue weighted by atomic mass is 16.5. The molecule has 0 fully saturated rings. The van der Waals surface area contributed by atoms with Crippen LogP contribution in [0.4, 0.5) is 34.1 Å². The predicted octanol–water partition coefficient (Wildman–Crippen LogP) is 18.7. The molecule has 0 saturated carbocycles. The summed E-state index contributed by atoms with van der Waals surface area (Å²) in [6.45, 7) is 0. The van der Waals surface area contributed by atoms with Crippen molar-refractivity contribution in [1.82, 2.24) is 0 Å². The minimum absolute atomic E-state index is 0.799. The molecule has 0 N–H and O–H groups in total. The lowest BCUT2D eigenvalue weighted by molar-refractivity contribution is 0.487. The van der Waals surface area contributed by atoms with Gasteiger partial charge in [0.2, 0.25) is 0 Å². The molecule has 69 heavy (non-hydrogen) atoms. The van der Waals surface area contributed by atoms with Crippen molar-refractivity contribution in [3.8, 4) is 44.9 Å². The maximum Gasteiger partial charge on any atom is 0.159 e.